The van der Waals surface area contributed by atoms with Gasteiger partial charge in [0.05, 0.1) is 17.9 Å². The summed E-state index contributed by atoms with van der Waals surface area (Å²) < 4.78 is 4.70. The number of carbonyl (C=O) groups excluding carboxylic acids is 1. The van der Waals surface area contributed by atoms with Crippen LogP contribution in [0.5, 0.6) is 0 Å². The van der Waals surface area contributed by atoms with Gasteiger partial charge in [-0.1, -0.05) is 6.58 Å². The fourth-order valence-corrected chi connectivity index (χ4v) is 0.769. The van der Waals surface area contributed by atoms with E-state index in [0.29, 0.717) is 0 Å². The van der Waals surface area contributed by atoms with Crippen molar-refractivity contribution in [1.29, 1.82) is 0 Å². The molecule has 0 aromatic heterocycles. The number of rotatable bonds is 4. The summed E-state index contributed by atoms with van der Waals surface area (Å²) in [5.74, 6) is -0.793. The summed E-state index contributed by atoms with van der Waals surface area (Å²) in [6.07, 6.45) is 1.48. The van der Waals surface area contributed by atoms with Crippen molar-refractivity contribution in [3.05, 3.63) is 23.6 Å². The van der Waals surface area contributed by atoms with Gasteiger partial charge in [0.15, 0.2) is 5.76 Å². The number of hydrogen-bond acceptors (Lipinski definition) is 4. The highest BCUT2D eigenvalue weighted by molar-refractivity contribution is 5.89. The molecule has 4 nitrogen and oxygen atoms in total. The van der Waals surface area contributed by atoms with Gasteiger partial charge < -0.3 is 9.84 Å². The number of aliphatic imine (C=N–C) groups is 1. The van der Waals surface area contributed by atoms with Gasteiger partial charge in [-0.25, -0.2) is 4.79 Å². The lowest BCUT2D eigenvalue weighted by Crippen LogP contribution is -2.08. The van der Waals surface area contributed by atoms with Gasteiger partial charge in [-0.3, -0.25) is 4.99 Å². The Balaban J connectivity index is 4.74. The SMILES string of the molecule is C=C(/N=C\C)/C(O)=C(\C)C(=O)OCC. The molecule has 0 aliphatic rings. The number of hydrogen-bond donors (Lipinski definition) is 1. The largest absolute Gasteiger partial charge is 0.505 e. The molecule has 0 aromatic rings. The number of carbonyl (C=O) groups is 1. The number of aliphatic hydroxyl groups is 1. The molecule has 0 aliphatic heterocycles. The Morgan fingerprint density at radius 3 is 2.64 bits per heavy atom. The van der Waals surface area contributed by atoms with E-state index in [1.807, 2.05) is 0 Å². The van der Waals surface area contributed by atoms with Crippen LogP contribution in [-0.4, -0.2) is 23.9 Å². The van der Waals surface area contributed by atoms with E-state index in [1.54, 1.807) is 13.8 Å². The summed E-state index contributed by atoms with van der Waals surface area (Å²) in [6, 6.07) is 0. The summed E-state index contributed by atoms with van der Waals surface area (Å²) in [5.41, 5.74) is 0.264. The molecule has 0 rings (SSSR count). The van der Waals surface area contributed by atoms with Gasteiger partial charge in [-0.2, -0.15) is 0 Å². The second-order valence-electron chi connectivity index (χ2n) is 2.53. The number of aliphatic hydroxyl groups excluding tert-OH is 1. The summed E-state index contributed by atoms with van der Waals surface area (Å²) in [5, 5.41) is 9.48. The van der Waals surface area contributed by atoms with Crippen molar-refractivity contribution in [2.45, 2.75) is 20.8 Å². The molecule has 0 fully saturated rings. The first-order valence-electron chi connectivity index (χ1n) is 4.29. The first-order valence-corrected chi connectivity index (χ1v) is 4.29. The van der Waals surface area contributed by atoms with Crippen LogP contribution >= 0.6 is 0 Å². The molecule has 14 heavy (non-hydrogen) atoms. The average Bonchev–Trinajstić information content (AvgIpc) is 2.16. The molecule has 0 unspecified atom stereocenters. The topological polar surface area (TPSA) is 58.9 Å². The fraction of sp³-hybridized carbons (Fsp3) is 0.400. The zero-order chi connectivity index (χ0) is 11.1. The van der Waals surface area contributed by atoms with Crippen LogP contribution in [0.15, 0.2) is 28.6 Å². The number of esters is 1. The summed E-state index contributed by atoms with van der Waals surface area (Å²) in [6.45, 7) is 8.62. The molecule has 0 bridgehead atoms. The Morgan fingerprint density at radius 2 is 2.21 bits per heavy atom. The fourth-order valence-electron chi connectivity index (χ4n) is 0.769. The van der Waals surface area contributed by atoms with Crippen LogP contribution in [0.4, 0.5) is 0 Å². The lowest BCUT2D eigenvalue weighted by Gasteiger charge is -2.04. The van der Waals surface area contributed by atoms with Gasteiger partial charge in [-0.15, -0.1) is 0 Å². The third-order valence-electron chi connectivity index (χ3n) is 1.50. The maximum absolute atomic E-state index is 11.2. The van der Waals surface area contributed by atoms with Crippen molar-refractivity contribution >= 4 is 12.2 Å². The zero-order valence-electron chi connectivity index (χ0n) is 8.70. The van der Waals surface area contributed by atoms with Crippen molar-refractivity contribution in [3.8, 4) is 0 Å². The minimum atomic E-state index is -0.558. The quantitative estimate of drug-likeness (QED) is 0.246. The first kappa shape index (κ1) is 12.4. The van der Waals surface area contributed by atoms with E-state index >= 15 is 0 Å². The number of nitrogens with zero attached hydrogens (tertiary/aromatic N) is 1. The highest BCUT2D eigenvalue weighted by atomic mass is 16.5. The summed E-state index contributed by atoms with van der Waals surface area (Å²) >= 11 is 0. The predicted molar refractivity (Wildman–Crippen MR) is 55.3 cm³/mol. The van der Waals surface area contributed by atoms with Crippen LogP contribution < -0.4 is 0 Å². The highest BCUT2D eigenvalue weighted by Crippen LogP contribution is 2.12. The van der Waals surface area contributed by atoms with E-state index in [2.05, 4.69) is 11.6 Å². The van der Waals surface area contributed by atoms with E-state index in [0.717, 1.165) is 0 Å². The molecule has 0 amide bonds. The van der Waals surface area contributed by atoms with E-state index in [1.165, 1.54) is 13.1 Å². The molecular formula is C10H15NO3. The zero-order valence-corrected chi connectivity index (χ0v) is 8.70. The van der Waals surface area contributed by atoms with Crippen LogP contribution in [0.2, 0.25) is 0 Å². The molecule has 0 saturated heterocycles. The third kappa shape index (κ3) is 3.43. The second-order valence-corrected chi connectivity index (χ2v) is 2.53. The van der Waals surface area contributed by atoms with Gasteiger partial charge in [0.25, 0.3) is 0 Å². The van der Waals surface area contributed by atoms with E-state index in [9.17, 15) is 9.90 Å². The van der Waals surface area contributed by atoms with Crippen LogP contribution in [-0.2, 0) is 9.53 Å². The molecule has 0 aromatic carbocycles. The van der Waals surface area contributed by atoms with Crippen molar-refractivity contribution in [1.82, 2.24) is 0 Å². The first-order chi connectivity index (χ1) is 6.54. The molecule has 4 heteroatoms. The Hall–Kier alpha value is -1.58. The second kappa shape index (κ2) is 5.96. The van der Waals surface area contributed by atoms with Crippen molar-refractivity contribution in [2.24, 2.45) is 4.99 Å². The Labute approximate surface area is 83.6 Å². The molecule has 0 atom stereocenters. The molecule has 0 radical (unpaired) electrons. The van der Waals surface area contributed by atoms with Gasteiger partial charge in [0, 0.05) is 6.21 Å². The predicted octanol–water partition coefficient (Wildman–Crippen LogP) is 1.99. The van der Waals surface area contributed by atoms with Crippen LogP contribution in [0.3, 0.4) is 0 Å². The molecule has 0 aliphatic carbocycles. The van der Waals surface area contributed by atoms with Crippen LogP contribution in [0.1, 0.15) is 20.8 Å². The molecular weight excluding hydrogens is 182 g/mol. The Kier molecular flexibility index (Phi) is 5.29. The Morgan fingerprint density at radius 1 is 1.64 bits per heavy atom. The van der Waals surface area contributed by atoms with E-state index in [4.69, 9.17) is 4.74 Å². The average molecular weight is 197 g/mol. The minimum absolute atomic E-state index is 0.113. The smallest absolute Gasteiger partial charge is 0.337 e. The molecule has 1 N–H and O–H groups in total. The van der Waals surface area contributed by atoms with Gasteiger partial charge in [0.2, 0.25) is 0 Å². The molecule has 0 saturated carbocycles. The highest BCUT2D eigenvalue weighted by Gasteiger charge is 2.12. The van der Waals surface area contributed by atoms with E-state index in [-0.39, 0.29) is 23.6 Å². The molecule has 78 valence electrons. The summed E-state index contributed by atoms with van der Waals surface area (Å²) in [4.78, 5) is 14.9. The van der Waals surface area contributed by atoms with Gasteiger partial charge in [0.1, 0.15) is 0 Å². The standard InChI is InChI=1S/C10H15NO3/c1-5-11-8(4)9(12)7(3)10(13)14-6-2/h5,12H,4,6H2,1-3H3/b9-7-,11-5-. The van der Waals surface area contributed by atoms with Crippen molar-refractivity contribution in [3.63, 3.8) is 0 Å². The molecule has 0 heterocycles. The molecule has 0 spiro atoms. The Bertz CT molecular complexity index is 290. The minimum Gasteiger partial charge on any atom is -0.505 e. The third-order valence-corrected chi connectivity index (χ3v) is 1.50. The van der Waals surface area contributed by atoms with Gasteiger partial charge in [-0.05, 0) is 20.8 Å². The number of ether oxygens (including phenoxy) is 1. The van der Waals surface area contributed by atoms with Crippen LogP contribution in [0, 0.1) is 0 Å². The maximum Gasteiger partial charge on any atom is 0.337 e. The maximum atomic E-state index is 11.2. The van der Waals surface area contributed by atoms with Crippen molar-refractivity contribution in [2.75, 3.05) is 6.61 Å². The van der Waals surface area contributed by atoms with Crippen molar-refractivity contribution < 1.29 is 14.6 Å². The van der Waals surface area contributed by atoms with E-state index < -0.39 is 5.97 Å². The normalized spacial score (nSPS) is 12.5. The van der Waals surface area contributed by atoms with Crippen LogP contribution in [0.25, 0.3) is 0 Å². The van der Waals surface area contributed by atoms with Gasteiger partial charge >= 0.3 is 5.97 Å². The lowest BCUT2D eigenvalue weighted by atomic mass is 10.2. The lowest BCUT2D eigenvalue weighted by molar-refractivity contribution is -0.138. The monoisotopic (exact) mass is 197 g/mol. The summed E-state index contributed by atoms with van der Waals surface area (Å²) in [7, 11) is 0.